The van der Waals surface area contributed by atoms with Gasteiger partial charge in [-0.3, -0.25) is 4.90 Å². The van der Waals surface area contributed by atoms with Crippen LogP contribution in [0.5, 0.6) is 0 Å². The molecular weight excluding hydrogens is 320 g/mol. The van der Waals surface area contributed by atoms with Gasteiger partial charge < -0.3 is 15.2 Å². The van der Waals surface area contributed by atoms with Crippen LogP contribution in [0.3, 0.4) is 0 Å². The quantitative estimate of drug-likeness (QED) is 0.830. The molecule has 1 fully saturated rings. The molecule has 8 nitrogen and oxygen atoms in total. The molecule has 0 aliphatic carbocycles. The van der Waals surface area contributed by atoms with Crippen LogP contribution >= 0.6 is 0 Å². The second-order valence-corrected chi connectivity index (χ2v) is 8.00. The van der Waals surface area contributed by atoms with Crippen LogP contribution in [0.2, 0.25) is 0 Å². The highest BCUT2D eigenvalue weighted by Crippen LogP contribution is 2.21. The topological polar surface area (TPSA) is 87.8 Å². The van der Waals surface area contributed by atoms with E-state index in [1.54, 1.807) is 4.52 Å². The third kappa shape index (κ3) is 4.45. The van der Waals surface area contributed by atoms with Gasteiger partial charge in [0.15, 0.2) is 11.5 Å². The Bertz CT molecular complexity index is 715. The molecule has 1 saturated heterocycles. The Kier molecular flexibility index (Phi) is 4.95. The zero-order valence-corrected chi connectivity index (χ0v) is 15.5. The van der Waals surface area contributed by atoms with Gasteiger partial charge >= 0.3 is 0 Å². The molecule has 2 N–H and O–H groups in total. The fourth-order valence-corrected chi connectivity index (χ4v) is 2.93. The van der Waals surface area contributed by atoms with Crippen molar-refractivity contribution in [1.82, 2.24) is 24.7 Å². The van der Waals surface area contributed by atoms with Gasteiger partial charge in [-0.05, 0) is 19.1 Å². The highest BCUT2D eigenvalue weighted by molar-refractivity contribution is 5.44. The van der Waals surface area contributed by atoms with Crippen molar-refractivity contribution in [3.63, 3.8) is 0 Å². The predicted octanol–water partition coefficient (Wildman–Crippen LogP) is 0.917. The number of aromatic nitrogens is 4. The maximum atomic E-state index is 10.7. The fraction of sp³-hybridized carbons (Fsp3) is 0.706. The van der Waals surface area contributed by atoms with E-state index in [0.717, 1.165) is 37.8 Å². The van der Waals surface area contributed by atoms with Gasteiger partial charge in [0.05, 0.1) is 18.8 Å². The molecular formula is C17H28N6O2. The fourth-order valence-electron chi connectivity index (χ4n) is 2.93. The SMILES string of the molecule is CC(O)(CNc1ccc2nnc(C(C)(C)C)n2n1)CN1CCOCC1. The standard InChI is InChI=1S/C17H28N6O2/c1-16(2,3)15-20-19-14-6-5-13(21-23(14)15)18-11-17(4,24)12-22-7-9-25-10-8-22/h5-6,24H,7-12H2,1-4H3,(H,18,21). The lowest BCUT2D eigenvalue weighted by molar-refractivity contribution is -0.0164. The molecule has 2 aromatic rings. The summed E-state index contributed by atoms with van der Waals surface area (Å²) in [7, 11) is 0. The Balaban J connectivity index is 1.67. The number of nitrogens with zero attached hydrogens (tertiary/aromatic N) is 5. The van der Waals surface area contributed by atoms with Crippen LogP contribution in [-0.4, -0.2) is 74.8 Å². The second-order valence-electron chi connectivity index (χ2n) is 8.00. The van der Waals surface area contributed by atoms with Crippen molar-refractivity contribution in [2.45, 2.75) is 38.7 Å². The number of ether oxygens (including phenoxy) is 1. The second kappa shape index (κ2) is 6.86. The number of β-amino-alcohol motifs (C(OH)–C–C–N with tert-alkyl or cyclic N) is 1. The van der Waals surface area contributed by atoms with Gasteiger partial charge in [-0.25, -0.2) is 0 Å². The summed E-state index contributed by atoms with van der Waals surface area (Å²) in [5.74, 6) is 1.51. The molecule has 0 bridgehead atoms. The normalized spacial score (nSPS) is 19.1. The highest BCUT2D eigenvalue weighted by Gasteiger charge is 2.26. The van der Waals surface area contributed by atoms with E-state index in [2.05, 4.69) is 46.3 Å². The van der Waals surface area contributed by atoms with E-state index in [1.165, 1.54) is 0 Å². The number of fused-ring (bicyclic) bond motifs is 1. The summed E-state index contributed by atoms with van der Waals surface area (Å²) < 4.78 is 7.11. The molecule has 8 heteroatoms. The number of nitrogens with one attached hydrogen (secondary N) is 1. The van der Waals surface area contributed by atoms with Crippen LogP contribution in [0.25, 0.3) is 5.65 Å². The summed E-state index contributed by atoms with van der Waals surface area (Å²) in [6.07, 6.45) is 0. The zero-order valence-electron chi connectivity index (χ0n) is 15.5. The first-order valence-corrected chi connectivity index (χ1v) is 8.74. The number of anilines is 1. The lowest BCUT2D eigenvalue weighted by Crippen LogP contribution is -2.49. The Hall–Kier alpha value is -1.77. The summed E-state index contributed by atoms with van der Waals surface area (Å²) in [6.45, 7) is 12.3. The van der Waals surface area contributed by atoms with E-state index in [-0.39, 0.29) is 5.41 Å². The van der Waals surface area contributed by atoms with Gasteiger partial charge in [-0.15, -0.1) is 15.3 Å². The summed E-state index contributed by atoms with van der Waals surface area (Å²) in [5.41, 5.74) is -0.281. The predicted molar refractivity (Wildman–Crippen MR) is 95.9 cm³/mol. The molecule has 2 aromatic heterocycles. The van der Waals surface area contributed by atoms with E-state index in [9.17, 15) is 5.11 Å². The average Bonchev–Trinajstić information content (AvgIpc) is 2.97. The van der Waals surface area contributed by atoms with E-state index in [4.69, 9.17) is 4.74 Å². The molecule has 1 aliphatic heterocycles. The van der Waals surface area contributed by atoms with Crippen molar-refractivity contribution in [2.75, 3.05) is 44.7 Å². The van der Waals surface area contributed by atoms with Gasteiger partial charge in [0.2, 0.25) is 0 Å². The van der Waals surface area contributed by atoms with E-state index in [1.807, 2.05) is 19.1 Å². The van der Waals surface area contributed by atoms with Crippen molar-refractivity contribution < 1.29 is 9.84 Å². The molecule has 138 valence electrons. The first kappa shape index (κ1) is 18.0. The minimum Gasteiger partial charge on any atom is -0.387 e. The van der Waals surface area contributed by atoms with Crippen molar-refractivity contribution in [3.05, 3.63) is 18.0 Å². The maximum absolute atomic E-state index is 10.7. The van der Waals surface area contributed by atoms with E-state index >= 15 is 0 Å². The van der Waals surface area contributed by atoms with Crippen molar-refractivity contribution in [2.24, 2.45) is 0 Å². The minimum atomic E-state index is -0.853. The number of morpholine rings is 1. The van der Waals surface area contributed by atoms with Gasteiger partial charge in [0.25, 0.3) is 0 Å². The van der Waals surface area contributed by atoms with Crippen molar-refractivity contribution in [3.8, 4) is 0 Å². The monoisotopic (exact) mass is 348 g/mol. The van der Waals surface area contributed by atoms with Crippen LogP contribution in [0.1, 0.15) is 33.5 Å². The summed E-state index contributed by atoms with van der Waals surface area (Å²) >= 11 is 0. The van der Waals surface area contributed by atoms with Gasteiger partial charge in [0, 0.05) is 31.6 Å². The van der Waals surface area contributed by atoms with E-state index in [0.29, 0.717) is 18.9 Å². The van der Waals surface area contributed by atoms with Crippen molar-refractivity contribution >= 4 is 11.5 Å². The third-order valence-corrected chi connectivity index (χ3v) is 4.25. The Morgan fingerprint density at radius 3 is 2.56 bits per heavy atom. The zero-order chi connectivity index (χ0) is 18.1. The van der Waals surface area contributed by atoms with Crippen LogP contribution < -0.4 is 5.32 Å². The van der Waals surface area contributed by atoms with Gasteiger partial charge in [-0.2, -0.15) is 4.52 Å². The maximum Gasteiger partial charge on any atom is 0.178 e. The first-order chi connectivity index (χ1) is 11.7. The molecule has 1 unspecified atom stereocenters. The molecule has 1 atom stereocenters. The first-order valence-electron chi connectivity index (χ1n) is 8.74. The largest absolute Gasteiger partial charge is 0.387 e. The average molecular weight is 348 g/mol. The molecule has 0 aromatic carbocycles. The summed E-state index contributed by atoms with van der Waals surface area (Å²) in [5, 5.41) is 26.9. The molecule has 1 aliphatic rings. The molecule has 0 saturated carbocycles. The number of hydrogen-bond acceptors (Lipinski definition) is 7. The Morgan fingerprint density at radius 1 is 1.16 bits per heavy atom. The van der Waals surface area contributed by atoms with Crippen LogP contribution in [0.15, 0.2) is 12.1 Å². The lowest BCUT2D eigenvalue weighted by atomic mass is 9.96. The van der Waals surface area contributed by atoms with E-state index < -0.39 is 5.60 Å². The summed E-state index contributed by atoms with van der Waals surface area (Å²) in [4.78, 5) is 2.22. The van der Waals surface area contributed by atoms with Gasteiger partial charge in [0.1, 0.15) is 5.82 Å². The molecule has 3 heterocycles. The lowest BCUT2D eigenvalue weighted by Gasteiger charge is -2.34. The van der Waals surface area contributed by atoms with Crippen LogP contribution in [0.4, 0.5) is 5.82 Å². The van der Waals surface area contributed by atoms with Crippen LogP contribution in [0, 0.1) is 0 Å². The highest BCUT2D eigenvalue weighted by atomic mass is 16.5. The van der Waals surface area contributed by atoms with Gasteiger partial charge in [-0.1, -0.05) is 20.8 Å². The third-order valence-electron chi connectivity index (χ3n) is 4.25. The number of hydrogen-bond donors (Lipinski definition) is 2. The molecule has 25 heavy (non-hydrogen) atoms. The Morgan fingerprint density at radius 2 is 1.88 bits per heavy atom. The van der Waals surface area contributed by atoms with Crippen molar-refractivity contribution in [1.29, 1.82) is 0 Å². The number of rotatable bonds is 5. The summed E-state index contributed by atoms with van der Waals surface area (Å²) in [6, 6.07) is 3.75. The minimum absolute atomic E-state index is 0.146. The molecule has 3 rings (SSSR count). The number of aliphatic hydroxyl groups is 1. The molecule has 0 amide bonds. The Labute approximate surface area is 148 Å². The smallest absolute Gasteiger partial charge is 0.178 e. The molecule has 0 radical (unpaired) electrons. The molecule has 0 spiro atoms. The van der Waals surface area contributed by atoms with Crippen LogP contribution in [-0.2, 0) is 10.2 Å².